The van der Waals surface area contributed by atoms with Crippen molar-refractivity contribution in [1.29, 1.82) is 0 Å². The summed E-state index contributed by atoms with van der Waals surface area (Å²) in [5.41, 5.74) is 1.10. The van der Waals surface area contributed by atoms with Crippen LogP contribution in [0.4, 0.5) is 0 Å². The fraction of sp³-hybridized carbons (Fsp3) is 0.211. The summed E-state index contributed by atoms with van der Waals surface area (Å²) in [6, 6.07) is 0. The van der Waals surface area contributed by atoms with Gasteiger partial charge in [-0.1, -0.05) is 29.3 Å². The SMILES string of the molecule is C\C=C/C(Cl)=C\C(C)=C\CC(=O)OC1=CC=C2CC(=C1)C([N+](=O)[O-])=CO2. The Bertz CT molecular complexity index is 825. The van der Waals surface area contributed by atoms with Crippen molar-refractivity contribution in [2.24, 2.45) is 0 Å². The average Bonchev–Trinajstić information content (AvgIpc) is 2.72. The van der Waals surface area contributed by atoms with Gasteiger partial charge in [0.05, 0.1) is 11.3 Å². The molecule has 1 aliphatic carbocycles. The molecule has 1 aliphatic heterocycles. The highest BCUT2D eigenvalue weighted by atomic mass is 35.5. The number of hydrogen-bond acceptors (Lipinski definition) is 5. The molecule has 0 aromatic rings. The minimum absolute atomic E-state index is 0.0495. The van der Waals surface area contributed by atoms with E-state index in [-0.39, 0.29) is 24.3 Å². The van der Waals surface area contributed by atoms with Gasteiger partial charge in [0.1, 0.15) is 11.5 Å². The first-order chi connectivity index (χ1) is 12.4. The van der Waals surface area contributed by atoms with E-state index >= 15 is 0 Å². The number of nitro groups is 1. The van der Waals surface area contributed by atoms with Crippen LogP contribution in [0.25, 0.3) is 0 Å². The van der Waals surface area contributed by atoms with Crippen LogP contribution in [0.5, 0.6) is 0 Å². The first-order valence-electron chi connectivity index (χ1n) is 7.89. The third kappa shape index (κ3) is 5.60. The molecule has 0 amide bonds. The molecule has 6 nitrogen and oxygen atoms in total. The maximum Gasteiger partial charge on any atom is 0.315 e. The highest BCUT2D eigenvalue weighted by Crippen LogP contribution is 2.30. The third-order valence-corrected chi connectivity index (χ3v) is 3.71. The fourth-order valence-corrected chi connectivity index (χ4v) is 2.57. The number of allylic oxidation sites excluding steroid dienone is 10. The molecule has 2 aliphatic rings. The summed E-state index contributed by atoms with van der Waals surface area (Å²) < 4.78 is 10.5. The van der Waals surface area contributed by atoms with Crippen molar-refractivity contribution in [2.75, 3.05) is 0 Å². The maximum absolute atomic E-state index is 12.0. The molecule has 0 radical (unpaired) electrons. The Morgan fingerprint density at radius 2 is 2.23 bits per heavy atom. The molecule has 0 fully saturated rings. The van der Waals surface area contributed by atoms with Gasteiger partial charge < -0.3 is 9.47 Å². The van der Waals surface area contributed by atoms with E-state index in [0.717, 1.165) is 11.8 Å². The number of halogens is 1. The second kappa shape index (κ2) is 9.01. The van der Waals surface area contributed by atoms with E-state index in [1.807, 2.05) is 19.9 Å². The summed E-state index contributed by atoms with van der Waals surface area (Å²) in [6.45, 7) is 3.68. The van der Waals surface area contributed by atoms with Gasteiger partial charge in [0.25, 0.3) is 0 Å². The first kappa shape index (κ1) is 19.5. The minimum atomic E-state index is -0.527. The van der Waals surface area contributed by atoms with Gasteiger partial charge in [-0.25, -0.2) is 0 Å². The number of ether oxygens (including phenoxy) is 2. The zero-order valence-corrected chi connectivity index (χ0v) is 15.2. The van der Waals surface area contributed by atoms with Crippen molar-refractivity contribution in [3.8, 4) is 0 Å². The van der Waals surface area contributed by atoms with E-state index in [4.69, 9.17) is 21.1 Å². The van der Waals surface area contributed by atoms with Gasteiger partial charge in [0.15, 0.2) is 6.26 Å². The molecule has 0 aromatic heterocycles. The predicted octanol–water partition coefficient (Wildman–Crippen LogP) is 4.81. The molecule has 0 N–H and O–H groups in total. The Balaban J connectivity index is 2.06. The van der Waals surface area contributed by atoms with Gasteiger partial charge in [-0.15, -0.1) is 0 Å². The Labute approximate surface area is 156 Å². The molecule has 26 heavy (non-hydrogen) atoms. The van der Waals surface area contributed by atoms with Crippen LogP contribution in [0.2, 0.25) is 0 Å². The lowest BCUT2D eigenvalue weighted by Crippen LogP contribution is -2.09. The molecule has 2 bridgehead atoms. The smallest absolute Gasteiger partial charge is 0.315 e. The molecule has 136 valence electrons. The summed E-state index contributed by atoms with van der Waals surface area (Å²) in [6.07, 6.45) is 13.1. The van der Waals surface area contributed by atoms with Crippen LogP contribution in [-0.4, -0.2) is 10.9 Å². The number of fused-ring (bicyclic) bond motifs is 2. The maximum atomic E-state index is 12.0. The van der Waals surface area contributed by atoms with Gasteiger partial charge in [-0.3, -0.25) is 14.9 Å². The van der Waals surface area contributed by atoms with Crippen LogP contribution in [-0.2, 0) is 14.3 Å². The molecule has 0 unspecified atom stereocenters. The number of carbonyl (C=O) groups is 1. The number of nitrogens with zero attached hydrogens (tertiary/aromatic N) is 1. The standard InChI is InChI=1S/C19H18ClNO5/c1-3-4-15(20)9-13(2)5-8-19(22)26-17-7-6-16-10-14(11-17)18(12-25-16)21(23)24/h3-7,9,11-12H,8,10H2,1-2H3/b4-3-,13-5+,15-9+. The summed E-state index contributed by atoms with van der Waals surface area (Å²) in [5, 5.41) is 11.6. The number of rotatable bonds is 6. The van der Waals surface area contributed by atoms with Gasteiger partial charge in [0.2, 0.25) is 0 Å². The van der Waals surface area contributed by atoms with E-state index < -0.39 is 10.9 Å². The topological polar surface area (TPSA) is 78.7 Å². The van der Waals surface area contributed by atoms with Gasteiger partial charge >= 0.3 is 11.7 Å². The van der Waals surface area contributed by atoms with Crippen LogP contribution >= 0.6 is 11.6 Å². The molecule has 0 spiro atoms. The van der Waals surface area contributed by atoms with E-state index in [9.17, 15) is 14.9 Å². The third-order valence-electron chi connectivity index (χ3n) is 3.48. The lowest BCUT2D eigenvalue weighted by atomic mass is 10.1. The molecule has 0 saturated heterocycles. The van der Waals surface area contributed by atoms with Crippen molar-refractivity contribution in [3.05, 3.63) is 92.3 Å². The largest absolute Gasteiger partial charge is 0.462 e. The molecule has 0 saturated carbocycles. The predicted molar refractivity (Wildman–Crippen MR) is 98.2 cm³/mol. The van der Waals surface area contributed by atoms with Gasteiger partial charge in [-0.05, 0) is 44.2 Å². The summed E-state index contributed by atoms with van der Waals surface area (Å²) in [4.78, 5) is 22.6. The van der Waals surface area contributed by atoms with Gasteiger partial charge in [0, 0.05) is 17.0 Å². The Hall–Kier alpha value is -2.86. The molecule has 1 heterocycles. The Morgan fingerprint density at radius 3 is 2.92 bits per heavy atom. The second-order valence-corrected chi connectivity index (χ2v) is 6.02. The van der Waals surface area contributed by atoms with Crippen LogP contribution in [0.15, 0.2) is 82.2 Å². The van der Waals surface area contributed by atoms with E-state index in [1.165, 1.54) is 6.08 Å². The van der Waals surface area contributed by atoms with Crippen LogP contribution in [0.1, 0.15) is 26.7 Å². The van der Waals surface area contributed by atoms with Crippen molar-refractivity contribution in [2.45, 2.75) is 26.7 Å². The summed E-state index contributed by atoms with van der Waals surface area (Å²) in [7, 11) is 0. The lowest BCUT2D eigenvalue weighted by Gasteiger charge is -2.12. The number of hydrogen-bond donors (Lipinski definition) is 0. The zero-order valence-electron chi connectivity index (χ0n) is 14.4. The summed E-state index contributed by atoms with van der Waals surface area (Å²) in [5.74, 6) is 0.296. The van der Waals surface area contributed by atoms with E-state index in [0.29, 0.717) is 16.4 Å². The molecule has 2 rings (SSSR count). The van der Waals surface area contributed by atoms with Crippen molar-refractivity contribution in [1.82, 2.24) is 0 Å². The highest BCUT2D eigenvalue weighted by molar-refractivity contribution is 6.31. The fourth-order valence-electron chi connectivity index (χ4n) is 2.27. The lowest BCUT2D eigenvalue weighted by molar-refractivity contribution is -0.423. The van der Waals surface area contributed by atoms with Crippen molar-refractivity contribution in [3.63, 3.8) is 0 Å². The Morgan fingerprint density at radius 1 is 1.46 bits per heavy atom. The summed E-state index contributed by atoms with van der Waals surface area (Å²) >= 11 is 5.98. The van der Waals surface area contributed by atoms with Crippen LogP contribution in [0, 0.1) is 10.1 Å². The minimum Gasteiger partial charge on any atom is -0.462 e. The first-order valence-corrected chi connectivity index (χ1v) is 8.27. The monoisotopic (exact) mass is 375 g/mol. The van der Waals surface area contributed by atoms with E-state index in [1.54, 1.807) is 30.4 Å². The van der Waals surface area contributed by atoms with Gasteiger partial charge in [-0.2, -0.15) is 0 Å². The molecule has 0 atom stereocenters. The number of esters is 1. The average molecular weight is 376 g/mol. The molecule has 0 aromatic carbocycles. The van der Waals surface area contributed by atoms with Crippen LogP contribution < -0.4 is 0 Å². The Kier molecular flexibility index (Phi) is 6.74. The molecular weight excluding hydrogens is 358 g/mol. The van der Waals surface area contributed by atoms with Crippen molar-refractivity contribution >= 4 is 17.6 Å². The van der Waals surface area contributed by atoms with Crippen molar-refractivity contribution < 1.29 is 19.2 Å². The zero-order chi connectivity index (χ0) is 19.1. The highest BCUT2D eigenvalue weighted by Gasteiger charge is 2.26. The normalized spacial score (nSPS) is 17.5. The number of carbonyl (C=O) groups excluding carboxylic acids is 1. The van der Waals surface area contributed by atoms with Crippen LogP contribution in [0.3, 0.4) is 0 Å². The second-order valence-electron chi connectivity index (χ2n) is 5.58. The quantitative estimate of drug-likeness (QED) is 0.288. The molecular formula is C19H18ClNO5. The molecule has 7 heteroatoms. The van der Waals surface area contributed by atoms with E-state index in [2.05, 4.69) is 0 Å².